The molecule has 0 radical (unpaired) electrons. The van der Waals surface area contributed by atoms with Gasteiger partial charge in [-0.15, -0.1) is 0 Å². The fourth-order valence-corrected chi connectivity index (χ4v) is 4.31. The summed E-state index contributed by atoms with van der Waals surface area (Å²) >= 11 is 0. The lowest BCUT2D eigenvalue weighted by atomic mass is 10.2. The second-order valence-electron chi connectivity index (χ2n) is 8.57. The Morgan fingerprint density at radius 2 is 1.75 bits per heavy atom. The van der Waals surface area contributed by atoms with Crippen LogP contribution in [0.1, 0.15) is 12.6 Å². The zero-order valence-electron chi connectivity index (χ0n) is 19.7. The van der Waals surface area contributed by atoms with Crippen LogP contribution in [-0.4, -0.2) is 52.6 Å². The van der Waals surface area contributed by atoms with Gasteiger partial charge in [0.25, 0.3) is 5.88 Å². The van der Waals surface area contributed by atoms with Crippen LogP contribution < -0.4 is 15.0 Å². The number of aromatic nitrogens is 3. The topological polar surface area (TPSA) is 69.3 Å². The van der Waals surface area contributed by atoms with Gasteiger partial charge in [-0.1, -0.05) is 6.92 Å². The maximum Gasteiger partial charge on any atom is 0.261 e. The van der Waals surface area contributed by atoms with Crippen LogP contribution in [-0.2, 0) is 0 Å². The Balaban J connectivity index is 1.36. The molecule has 0 saturated carbocycles. The first kappa shape index (κ1) is 23.9. The molecular formula is C25H24F4N6O. The van der Waals surface area contributed by atoms with Gasteiger partial charge in [0.05, 0.1) is 11.2 Å². The fourth-order valence-electron chi connectivity index (χ4n) is 4.31. The minimum Gasteiger partial charge on any atom is -0.433 e. The molecule has 1 aliphatic heterocycles. The second kappa shape index (κ2) is 9.65. The smallest absolute Gasteiger partial charge is 0.261 e. The quantitative estimate of drug-likeness (QED) is 0.341. The van der Waals surface area contributed by atoms with Crippen molar-refractivity contribution in [3.8, 4) is 11.6 Å². The summed E-state index contributed by atoms with van der Waals surface area (Å²) in [5.74, 6) is -4.55. The monoisotopic (exact) mass is 500 g/mol. The molecule has 0 amide bonds. The van der Waals surface area contributed by atoms with Crippen molar-refractivity contribution in [3.63, 3.8) is 0 Å². The predicted octanol–water partition coefficient (Wildman–Crippen LogP) is 5.50. The summed E-state index contributed by atoms with van der Waals surface area (Å²) < 4.78 is 64.5. The van der Waals surface area contributed by atoms with E-state index >= 15 is 4.39 Å². The van der Waals surface area contributed by atoms with Gasteiger partial charge in [-0.3, -0.25) is 0 Å². The maximum absolute atomic E-state index is 15.1. The van der Waals surface area contributed by atoms with E-state index in [1.165, 1.54) is 12.1 Å². The third-order valence-electron chi connectivity index (χ3n) is 6.24. The average Bonchev–Trinajstić information content (AvgIpc) is 3.27. The van der Waals surface area contributed by atoms with Crippen molar-refractivity contribution < 1.29 is 22.3 Å². The molecule has 2 aromatic carbocycles. The van der Waals surface area contributed by atoms with Gasteiger partial charge in [0.1, 0.15) is 12.1 Å². The van der Waals surface area contributed by atoms with E-state index in [0.29, 0.717) is 24.5 Å². The molecule has 0 unspecified atom stereocenters. The first-order chi connectivity index (χ1) is 17.3. The summed E-state index contributed by atoms with van der Waals surface area (Å²) in [6.45, 7) is 7.84. The van der Waals surface area contributed by atoms with Gasteiger partial charge < -0.3 is 24.8 Å². The predicted molar refractivity (Wildman–Crippen MR) is 129 cm³/mol. The maximum atomic E-state index is 15.1. The van der Waals surface area contributed by atoms with Crippen molar-refractivity contribution in [1.82, 2.24) is 19.9 Å². The summed E-state index contributed by atoms with van der Waals surface area (Å²) in [5, 5.41) is 2.67. The Kier molecular flexibility index (Phi) is 6.40. The van der Waals surface area contributed by atoms with Gasteiger partial charge in [0.2, 0.25) is 5.82 Å². The number of likely N-dealkylation sites (N-methyl/N-ethyl adjacent to an activating group) is 1. The van der Waals surface area contributed by atoms with Crippen molar-refractivity contribution in [3.05, 3.63) is 65.6 Å². The molecular weight excluding hydrogens is 476 g/mol. The third kappa shape index (κ3) is 4.53. The summed E-state index contributed by atoms with van der Waals surface area (Å²) in [5.41, 5.74) is 1.27. The number of nitrogens with zero attached hydrogens (tertiary/aromatic N) is 4. The highest BCUT2D eigenvalue weighted by Crippen LogP contribution is 2.34. The number of aryl methyl sites for hydroxylation is 1. The molecule has 5 rings (SSSR count). The third-order valence-corrected chi connectivity index (χ3v) is 6.24. The molecule has 0 atom stereocenters. The highest BCUT2D eigenvalue weighted by Gasteiger charge is 2.21. The van der Waals surface area contributed by atoms with Crippen molar-refractivity contribution in [2.45, 2.75) is 13.8 Å². The van der Waals surface area contributed by atoms with Gasteiger partial charge >= 0.3 is 0 Å². The highest BCUT2D eigenvalue weighted by molar-refractivity contribution is 5.83. The van der Waals surface area contributed by atoms with E-state index < -0.39 is 34.9 Å². The second-order valence-corrected chi connectivity index (χ2v) is 8.57. The van der Waals surface area contributed by atoms with E-state index in [1.54, 1.807) is 19.1 Å². The van der Waals surface area contributed by atoms with Crippen LogP contribution in [0.15, 0.2) is 36.7 Å². The number of fused-ring (bicyclic) bond motifs is 1. The van der Waals surface area contributed by atoms with Crippen molar-refractivity contribution in [2.75, 3.05) is 42.9 Å². The van der Waals surface area contributed by atoms with Gasteiger partial charge in [0.15, 0.2) is 23.2 Å². The summed E-state index contributed by atoms with van der Waals surface area (Å²) in [4.78, 5) is 14.5. The summed E-state index contributed by atoms with van der Waals surface area (Å²) in [7, 11) is 0. The zero-order valence-corrected chi connectivity index (χ0v) is 19.7. The van der Waals surface area contributed by atoms with Crippen LogP contribution >= 0.6 is 0 Å². The first-order valence-electron chi connectivity index (χ1n) is 11.5. The van der Waals surface area contributed by atoms with Crippen LogP contribution in [0.3, 0.4) is 0 Å². The van der Waals surface area contributed by atoms with E-state index in [4.69, 9.17) is 4.74 Å². The van der Waals surface area contributed by atoms with Gasteiger partial charge in [-0.05, 0) is 37.7 Å². The normalized spacial score (nSPS) is 14.4. The number of ether oxygens (including phenoxy) is 1. The number of halogens is 4. The Morgan fingerprint density at radius 3 is 2.47 bits per heavy atom. The lowest BCUT2D eigenvalue weighted by Gasteiger charge is -2.35. The Morgan fingerprint density at radius 1 is 0.972 bits per heavy atom. The summed E-state index contributed by atoms with van der Waals surface area (Å²) in [6, 6.07) is 6.73. The average molecular weight is 501 g/mol. The van der Waals surface area contributed by atoms with Crippen LogP contribution in [0.25, 0.3) is 10.9 Å². The van der Waals surface area contributed by atoms with Gasteiger partial charge in [-0.25, -0.2) is 18.2 Å². The van der Waals surface area contributed by atoms with Crippen molar-refractivity contribution >= 4 is 28.1 Å². The summed E-state index contributed by atoms with van der Waals surface area (Å²) in [6.07, 6.45) is 1.01. The Labute approximate surface area is 204 Å². The Hall–Kier alpha value is -3.86. The van der Waals surface area contributed by atoms with E-state index in [9.17, 15) is 13.2 Å². The molecule has 2 N–H and O–H groups in total. The Bertz CT molecular complexity index is 1420. The molecule has 2 aromatic heterocycles. The minimum absolute atomic E-state index is 0.0134. The SMILES string of the molecule is CCN1CCN(c2ccc(Nc3ncnc(Oc4cc(F)c5[nH]c(C)cc5c4F)c3F)cc2F)CC1. The molecule has 0 spiro atoms. The molecule has 36 heavy (non-hydrogen) atoms. The number of rotatable bonds is 6. The number of hydrogen-bond donors (Lipinski definition) is 2. The zero-order chi connectivity index (χ0) is 25.4. The number of benzene rings is 2. The molecule has 1 saturated heterocycles. The molecule has 0 bridgehead atoms. The number of H-pyrrole nitrogens is 1. The van der Waals surface area contributed by atoms with Gasteiger partial charge in [0, 0.05) is 49.0 Å². The molecule has 3 heterocycles. The number of aromatic amines is 1. The lowest BCUT2D eigenvalue weighted by molar-refractivity contribution is 0.270. The molecule has 0 aliphatic carbocycles. The molecule has 1 aliphatic rings. The van der Waals surface area contributed by atoms with Crippen LogP contribution in [0.2, 0.25) is 0 Å². The molecule has 1 fully saturated rings. The fraction of sp³-hybridized carbons (Fsp3) is 0.280. The molecule has 188 valence electrons. The molecule has 4 aromatic rings. The standard InChI is InChI=1S/C25H24F4N6O/c1-3-34-6-8-35(9-7-34)19-5-4-15(11-17(19)26)33-24-22(29)25(31-13-30-24)36-20-12-18(27)23-16(21(20)28)10-14(2)32-23/h4-5,10-13,32H,3,6-9H2,1-2H3,(H,30,31,33). The number of anilines is 3. The number of hydrogen-bond acceptors (Lipinski definition) is 6. The van der Waals surface area contributed by atoms with Crippen LogP contribution in [0.4, 0.5) is 34.8 Å². The lowest BCUT2D eigenvalue weighted by Crippen LogP contribution is -2.46. The van der Waals surface area contributed by atoms with Crippen LogP contribution in [0.5, 0.6) is 11.6 Å². The number of piperazine rings is 1. The van der Waals surface area contributed by atoms with E-state index in [1.807, 2.05) is 4.90 Å². The molecule has 11 heteroatoms. The largest absolute Gasteiger partial charge is 0.433 e. The van der Waals surface area contributed by atoms with Crippen LogP contribution in [0, 0.1) is 30.2 Å². The molecule has 7 nitrogen and oxygen atoms in total. The van der Waals surface area contributed by atoms with E-state index in [2.05, 4.69) is 32.1 Å². The minimum atomic E-state index is -1.04. The highest BCUT2D eigenvalue weighted by atomic mass is 19.1. The first-order valence-corrected chi connectivity index (χ1v) is 11.5. The van der Waals surface area contributed by atoms with E-state index in [-0.39, 0.29) is 22.4 Å². The van der Waals surface area contributed by atoms with E-state index in [0.717, 1.165) is 32.0 Å². The van der Waals surface area contributed by atoms with Crippen molar-refractivity contribution in [2.24, 2.45) is 0 Å². The van der Waals surface area contributed by atoms with Gasteiger partial charge in [-0.2, -0.15) is 9.37 Å². The van der Waals surface area contributed by atoms with Crippen molar-refractivity contribution in [1.29, 1.82) is 0 Å². The number of nitrogens with one attached hydrogen (secondary N) is 2.